The van der Waals surface area contributed by atoms with E-state index in [4.69, 9.17) is 12.2 Å². The summed E-state index contributed by atoms with van der Waals surface area (Å²) in [6.45, 7) is 0. The molecule has 1 aliphatic rings. The van der Waals surface area contributed by atoms with Gasteiger partial charge in [-0.05, 0) is 24.4 Å². The van der Waals surface area contributed by atoms with Crippen LogP contribution in [0.2, 0.25) is 0 Å². The minimum atomic E-state index is -0.179. The highest BCUT2D eigenvalue weighted by molar-refractivity contribution is 7.73. The molecule has 2 N–H and O–H groups in total. The van der Waals surface area contributed by atoms with Crippen LogP contribution < -0.4 is 0 Å². The van der Waals surface area contributed by atoms with Crippen LogP contribution >= 0.6 is 23.6 Å². The van der Waals surface area contributed by atoms with E-state index in [2.05, 4.69) is 9.98 Å². The lowest BCUT2D eigenvalue weighted by molar-refractivity contribution is 0.107. The van der Waals surface area contributed by atoms with Crippen molar-refractivity contribution in [3.8, 4) is 5.88 Å². The number of hydrogen-bond donors (Lipinski definition) is 2. The molecule has 1 aliphatic heterocycles. The van der Waals surface area contributed by atoms with Crippen LogP contribution in [-0.4, -0.2) is 21.6 Å². The summed E-state index contributed by atoms with van der Waals surface area (Å²) in [5, 5.41) is 9.64. The maximum atomic E-state index is 12.1. The summed E-state index contributed by atoms with van der Waals surface area (Å²) < 4.78 is 0.420. The number of hydrogen-bond acceptors (Lipinski definition) is 5. The molecule has 2 heterocycles. The zero-order chi connectivity index (χ0) is 12.0. The molecule has 4 nitrogen and oxygen atoms in total. The largest absolute Gasteiger partial charge is 0.493 e. The van der Waals surface area contributed by atoms with Gasteiger partial charge in [0.25, 0.3) is 0 Å². The summed E-state index contributed by atoms with van der Waals surface area (Å²) in [6, 6.07) is 7.09. The maximum absolute atomic E-state index is 12.1. The normalized spacial score (nSPS) is 13.6. The Morgan fingerprint density at radius 2 is 2.12 bits per heavy atom. The van der Waals surface area contributed by atoms with Crippen molar-refractivity contribution in [2.45, 2.75) is 0 Å². The number of Topliss-reactive ketones (excluding diaryl/α,β-unsaturated/α-hetero) is 1. The standard InChI is InChI=1S/C11H6N2O2S2/c14-8-5-3-1-2-4-6(5)12-7(8)9-10(15)13-11(16)17-9/h1-4,15H,(H,13,16). The van der Waals surface area contributed by atoms with E-state index in [1.165, 1.54) is 0 Å². The number of carbonyl (C=O) groups is 1. The van der Waals surface area contributed by atoms with Crippen LogP contribution in [0.4, 0.5) is 5.69 Å². The number of H-pyrrole nitrogens is 1. The maximum Gasteiger partial charge on any atom is 0.215 e. The number of thiazole rings is 1. The van der Waals surface area contributed by atoms with Crippen LogP contribution in [-0.2, 0) is 0 Å². The molecule has 6 heteroatoms. The number of carbonyl (C=O) groups excluding carboxylic acids is 1. The minimum Gasteiger partial charge on any atom is -0.493 e. The molecule has 17 heavy (non-hydrogen) atoms. The van der Waals surface area contributed by atoms with Crippen molar-refractivity contribution in [1.29, 1.82) is 0 Å². The molecular weight excluding hydrogens is 256 g/mol. The second-order valence-corrected chi connectivity index (χ2v) is 5.19. The van der Waals surface area contributed by atoms with Crippen LogP contribution in [0.25, 0.3) is 0 Å². The Morgan fingerprint density at radius 1 is 1.35 bits per heavy atom. The molecule has 0 fully saturated rings. The number of aromatic amines is 1. The highest BCUT2D eigenvalue weighted by atomic mass is 32.1. The summed E-state index contributed by atoms with van der Waals surface area (Å²) in [4.78, 5) is 19.3. The number of ketones is 1. The first-order chi connectivity index (χ1) is 8.16. The Morgan fingerprint density at radius 3 is 2.76 bits per heavy atom. The lowest BCUT2D eigenvalue weighted by Gasteiger charge is -1.94. The summed E-state index contributed by atoms with van der Waals surface area (Å²) in [5.74, 6) is -0.277. The predicted molar refractivity (Wildman–Crippen MR) is 68.1 cm³/mol. The number of nitrogens with one attached hydrogen (secondary N) is 1. The van der Waals surface area contributed by atoms with Gasteiger partial charge >= 0.3 is 0 Å². The van der Waals surface area contributed by atoms with E-state index in [9.17, 15) is 9.90 Å². The van der Waals surface area contributed by atoms with Crippen molar-refractivity contribution in [3.63, 3.8) is 0 Å². The number of fused-ring (bicyclic) bond motifs is 1. The lowest BCUT2D eigenvalue weighted by Crippen LogP contribution is -2.09. The summed E-state index contributed by atoms with van der Waals surface area (Å²) in [6.07, 6.45) is 0. The Balaban J connectivity index is 2.18. The van der Waals surface area contributed by atoms with E-state index in [-0.39, 0.29) is 17.4 Å². The molecule has 0 aliphatic carbocycles. The van der Waals surface area contributed by atoms with Crippen LogP contribution in [0.5, 0.6) is 5.88 Å². The van der Waals surface area contributed by atoms with E-state index in [1.807, 2.05) is 6.07 Å². The molecular formula is C11H6N2O2S2. The number of rotatable bonds is 1. The molecule has 0 spiro atoms. The van der Waals surface area contributed by atoms with Crippen molar-refractivity contribution in [2.75, 3.05) is 0 Å². The van der Waals surface area contributed by atoms with Crippen molar-refractivity contribution in [3.05, 3.63) is 38.7 Å². The van der Waals surface area contributed by atoms with Gasteiger partial charge in [0.05, 0.1) is 5.69 Å². The summed E-state index contributed by atoms with van der Waals surface area (Å²) >= 11 is 6.06. The third kappa shape index (κ3) is 1.53. The fourth-order valence-electron chi connectivity index (χ4n) is 1.70. The molecule has 2 aromatic rings. The third-order valence-corrected chi connectivity index (χ3v) is 3.67. The molecule has 1 aromatic heterocycles. The zero-order valence-electron chi connectivity index (χ0n) is 8.43. The van der Waals surface area contributed by atoms with Gasteiger partial charge in [-0.3, -0.25) is 4.79 Å². The second kappa shape index (κ2) is 3.61. The SMILES string of the molecule is O=C1C(c2sc(=S)[nH]c2O)=Nc2ccccc21. The molecule has 0 atom stereocenters. The zero-order valence-corrected chi connectivity index (χ0v) is 10.1. The van der Waals surface area contributed by atoms with Crippen molar-refractivity contribution < 1.29 is 9.90 Å². The van der Waals surface area contributed by atoms with Crippen LogP contribution in [0.15, 0.2) is 29.3 Å². The highest BCUT2D eigenvalue weighted by Crippen LogP contribution is 2.32. The average Bonchev–Trinajstić information content (AvgIpc) is 2.80. The minimum absolute atomic E-state index is 0.0973. The first kappa shape index (κ1) is 10.4. The topological polar surface area (TPSA) is 65.5 Å². The number of aromatic hydroxyl groups is 1. The number of aromatic nitrogens is 1. The molecule has 0 amide bonds. The summed E-state index contributed by atoms with van der Waals surface area (Å²) in [7, 11) is 0. The molecule has 3 rings (SSSR count). The average molecular weight is 262 g/mol. The number of benzene rings is 1. The van der Waals surface area contributed by atoms with Gasteiger partial charge in [-0.15, -0.1) is 0 Å². The number of nitrogens with zero attached hydrogens (tertiary/aromatic N) is 1. The second-order valence-electron chi connectivity index (χ2n) is 3.50. The van der Waals surface area contributed by atoms with Crippen molar-refractivity contribution >= 4 is 40.7 Å². The smallest absolute Gasteiger partial charge is 0.215 e. The first-order valence-corrected chi connectivity index (χ1v) is 6.04. The Hall–Kier alpha value is -1.79. The number of aliphatic imine (C=N–C) groups is 1. The molecule has 0 unspecified atom stereocenters. The quantitative estimate of drug-likeness (QED) is 0.777. The van der Waals surface area contributed by atoms with Gasteiger partial charge < -0.3 is 10.1 Å². The van der Waals surface area contributed by atoms with Gasteiger partial charge in [0.15, 0.2) is 3.95 Å². The molecule has 1 aromatic carbocycles. The summed E-state index contributed by atoms with van der Waals surface area (Å²) in [5.41, 5.74) is 1.44. The highest BCUT2D eigenvalue weighted by Gasteiger charge is 2.28. The van der Waals surface area contributed by atoms with E-state index < -0.39 is 0 Å². The van der Waals surface area contributed by atoms with E-state index in [1.54, 1.807) is 18.2 Å². The van der Waals surface area contributed by atoms with Gasteiger partial charge in [-0.1, -0.05) is 23.5 Å². The van der Waals surface area contributed by atoms with Crippen molar-refractivity contribution in [1.82, 2.24) is 4.98 Å². The number of para-hydroxylation sites is 1. The molecule has 0 bridgehead atoms. The van der Waals surface area contributed by atoms with Crippen LogP contribution in [0.1, 0.15) is 15.2 Å². The monoisotopic (exact) mass is 262 g/mol. The molecule has 0 saturated heterocycles. The Bertz CT molecular complexity index is 712. The van der Waals surface area contributed by atoms with E-state index in [0.29, 0.717) is 20.1 Å². The van der Waals surface area contributed by atoms with Gasteiger partial charge in [0.2, 0.25) is 11.7 Å². The van der Waals surface area contributed by atoms with Gasteiger partial charge in [0.1, 0.15) is 10.6 Å². The fraction of sp³-hybridized carbons (Fsp3) is 0. The van der Waals surface area contributed by atoms with Crippen molar-refractivity contribution in [2.24, 2.45) is 4.99 Å². The lowest BCUT2D eigenvalue weighted by atomic mass is 10.1. The van der Waals surface area contributed by atoms with E-state index in [0.717, 1.165) is 11.3 Å². The fourth-order valence-corrected chi connectivity index (χ4v) is 2.76. The Labute approximate surface area is 105 Å². The Kier molecular flexibility index (Phi) is 2.20. The molecule has 0 saturated carbocycles. The first-order valence-electron chi connectivity index (χ1n) is 4.81. The third-order valence-electron chi connectivity index (χ3n) is 2.44. The van der Waals surface area contributed by atoms with Crippen LogP contribution in [0, 0.1) is 3.95 Å². The molecule has 84 valence electrons. The van der Waals surface area contributed by atoms with Crippen LogP contribution in [0.3, 0.4) is 0 Å². The van der Waals surface area contributed by atoms with Gasteiger partial charge in [-0.25, -0.2) is 4.99 Å². The van der Waals surface area contributed by atoms with E-state index >= 15 is 0 Å². The van der Waals surface area contributed by atoms with Gasteiger partial charge in [0, 0.05) is 5.56 Å². The predicted octanol–water partition coefficient (Wildman–Crippen LogP) is 2.83. The van der Waals surface area contributed by atoms with Gasteiger partial charge in [-0.2, -0.15) is 0 Å². The molecule has 0 radical (unpaired) electrons.